The van der Waals surface area contributed by atoms with Crippen molar-refractivity contribution in [1.82, 2.24) is 25.1 Å². The Bertz CT molecular complexity index is 622. The lowest BCUT2D eigenvalue weighted by Gasteiger charge is -2.19. The standard InChI is InChI=1S/C15H19N5O2/c1-19(9-12-7-8-22-11-12)14(21)10-20-17-15(16-18-20)13-5-3-2-4-6-13/h2-6,12H,7-11H2,1H3. The largest absolute Gasteiger partial charge is 0.381 e. The SMILES string of the molecule is CN(CC1CCOC1)C(=O)Cn1nnc(-c2ccccc2)n1. The molecule has 1 aromatic heterocycles. The molecule has 1 unspecified atom stereocenters. The van der Waals surface area contributed by atoms with Gasteiger partial charge < -0.3 is 9.64 Å². The summed E-state index contributed by atoms with van der Waals surface area (Å²) in [6.45, 7) is 2.33. The maximum absolute atomic E-state index is 12.2. The molecule has 0 aliphatic carbocycles. The Balaban J connectivity index is 1.58. The number of hydrogen-bond donors (Lipinski definition) is 0. The van der Waals surface area contributed by atoms with E-state index >= 15 is 0 Å². The molecule has 7 heteroatoms. The first kappa shape index (κ1) is 14.6. The van der Waals surface area contributed by atoms with Crippen LogP contribution in [0.3, 0.4) is 0 Å². The van der Waals surface area contributed by atoms with Crippen LogP contribution in [0.2, 0.25) is 0 Å². The average molecular weight is 301 g/mol. The van der Waals surface area contributed by atoms with Crippen LogP contribution in [0.1, 0.15) is 6.42 Å². The van der Waals surface area contributed by atoms with Crippen molar-refractivity contribution in [3.8, 4) is 11.4 Å². The maximum atomic E-state index is 12.2. The zero-order valence-electron chi connectivity index (χ0n) is 12.6. The molecule has 0 N–H and O–H groups in total. The van der Waals surface area contributed by atoms with E-state index in [0.29, 0.717) is 18.3 Å². The van der Waals surface area contributed by atoms with Crippen LogP contribution >= 0.6 is 0 Å². The second-order valence-corrected chi connectivity index (χ2v) is 5.51. The van der Waals surface area contributed by atoms with Crippen molar-refractivity contribution < 1.29 is 9.53 Å². The van der Waals surface area contributed by atoms with Crippen LogP contribution in [0.5, 0.6) is 0 Å². The smallest absolute Gasteiger partial charge is 0.245 e. The molecule has 1 aliphatic heterocycles. The molecule has 1 amide bonds. The van der Waals surface area contributed by atoms with E-state index < -0.39 is 0 Å². The highest BCUT2D eigenvalue weighted by molar-refractivity contribution is 5.75. The number of ether oxygens (including phenoxy) is 1. The quantitative estimate of drug-likeness (QED) is 0.818. The van der Waals surface area contributed by atoms with Crippen LogP contribution in [0.15, 0.2) is 30.3 Å². The van der Waals surface area contributed by atoms with Crippen LogP contribution in [0.25, 0.3) is 11.4 Å². The van der Waals surface area contributed by atoms with E-state index in [4.69, 9.17) is 4.74 Å². The molecular weight excluding hydrogens is 282 g/mol. The molecule has 22 heavy (non-hydrogen) atoms. The van der Waals surface area contributed by atoms with Crippen molar-refractivity contribution in [3.05, 3.63) is 30.3 Å². The Morgan fingerprint density at radius 3 is 2.95 bits per heavy atom. The Kier molecular flexibility index (Phi) is 4.43. The number of carbonyl (C=O) groups is 1. The summed E-state index contributed by atoms with van der Waals surface area (Å²) in [4.78, 5) is 15.3. The van der Waals surface area contributed by atoms with Crippen molar-refractivity contribution in [1.29, 1.82) is 0 Å². The summed E-state index contributed by atoms with van der Waals surface area (Å²) in [6, 6.07) is 9.58. The predicted molar refractivity (Wildman–Crippen MR) is 79.8 cm³/mol. The summed E-state index contributed by atoms with van der Waals surface area (Å²) in [5.74, 6) is 0.932. The van der Waals surface area contributed by atoms with E-state index in [0.717, 1.165) is 25.2 Å². The van der Waals surface area contributed by atoms with Crippen LogP contribution in [0.4, 0.5) is 0 Å². The van der Waals surface area contributed by atoms with Gasteiger partial charge in [-0.25, -0.2) is 0 Å². The Hall–Kier alpha value is -2.28. The molecule has 1 aliphatic rings. The van der Waals surface area contributed by atoms with Gasteiger partial charge in [-0.1, -0.05) is 30.3 Å². The number of carbonyl (C=O) groups excluding carboxylic acids is 1. The van der Waals surface area contributed by atoms with Crippen molar-refractivity contribution >= 4 is 5.91 Å². The summed E-state index contributed by atoms with van der Waals surface area (Å²) >= 11 is 0. The van der Waals surface area contributed by atoms with E-state index in [1.54, 1.807) is 11.9 Å². The number of likely N-dealkylation sites (N-methyl/N-ethyl adjacent to an activating group) is 1. The molecule has 1 aromatic carbocycles. The van der Waals surface area contributed by atoms with E-state index in [9.17, 15) is 4.79 Å². The minimum atomic E-state index is -0.0242. The van der Waals surface area contributed by atoms with Crippen LogP contribution in [-0.4, -0.2) is 57.8 Å². The van der Waals surface area contributed by atoms with Crippen LogP contribution in [-0.2, 0) is 16.1 Å². The van der Waals surface area contributed by atoms with Gasteiger partial charge in [0.1, 0.15) is 6.54 Å². The van der Waals surface area contributed by atoms with Crippen LogP contribution in [0, 0.1) is 5.92 Å². The molecule has 1 fully saturated rings. The van der Waals surface area contributed by atoms with Gasteiger partial charge in [0, 0.05) is 31.7 Å². The fourth-order valence-corrected chi connectivity index (χ4v) is 2.47. The second kappa shape index (κ2) is 6.65. The highest BCUT2D eigenvalue weighted by Crippen LogP contribution is 2.14. The Labute approximate surface area is 128 Å². The number of tetrazole rings is 1. The molecule has 1 saturated heterocycles. The summed E-state index contributed by atoms with van der Waals surface area (Å²) < 4.78 is 5.33. The van der Waals surface area contributed by atoms with Crippen LogP contribution < -0.4 is 0 Å². The molecule has 0 saturated carbocycles. The van der Waals surface area contributed by atoms with Crippen molar-refractivity contribution in [2.75, 3.05) is 26.8 Å². The molecular formula is C15H19N5O2. The van der Waals surface area contributed by atoms with Crippen molar-refractivity contribution in [2.45, 2.75) is 13.0 Å². The zero-order valence-corrected chi connectivity index (χ0v) is 12.6. The molecule has 2 heterocycles. The minimum Gasteiger partial charge on any atom is -0.381 e. The monoisotopic (exact) mass is 301 g/mol. The highest BCUT2D eigenvalue weighted by Gasteiger charge is 2.20. The lowest BCUT2D eigenvalue weighted by Crippen LogP contribution is -2.35. The maximum Gasteiger partial charge on any atom is 0.245 e. The molecule has 0 radical (unpaired) electrons. The van der Waals surface area contributed by atoms with Gasteiger partial charge in [0.25, 0.3) is 0 Å². The summed E-state index contributed by atoms with van der Waals surface area (Å²) in [6.07, 6.45) is 1.01. The van der Waals surface area contributed by atoms with Crippen molar-refractivity contribution in [3.63, 3.8) is 0 Å². The molecule has 0 spiro atoms. The molecule has 1 atom stereocenters. The summed E-state index contributed by atoms with van der Waals surface area (Å²) in [5, 5.41) is 12.2. The van der Waals surface area contributed by atoms with Gasteiger partial charge in [-0.2, -0.15) is 4.80 Å². The molecule has 2 aromatic rings. The molecule has 7 nitrogen and oxygen atoms in total. The third-order valence-electron chi connectivity index (χ3n) is 3.74. The van der Waals surface area contributed by atoms with Gasteiger partial charge >= 0.3 is 0 Å². The minimum absolute atomic E-state index is 0.0242. The predicted octanol–water partition coefficient (Wildman–Crippen LogP) is 0.835. The van der Waals surface area contributed by atoms with E-state index in [2.05, 4.69) is 15.4 Å². The topological polar surface area (TPSA) is 73.1 Å². The lowest BCUT2D eigenvalue weighted by atomic mass is 10.1. The lowest BCUT2D eigenvalue weighted by molar-refractivity contribution is -0.131. The average Bonchev–Trinajstić information content (AvgIpc) is 3.20. The third-order valence-corrected chi connectivity index (χ3v) is 3.74. The summed E-state index contributed by atoms with van der Waals surface area (Å²) in [7, 11) is 1.80. The van der Waals surface area contributed by atoms with E-state index in [1.165, 1.54) is 4.80 Å². The van der Waals surface area contributed by atoms with Crippen molar-refractivity contribution in [2.24, 2.45) is 5.92 Å². The first-order valence-corrected chi connectivity index (χ1v) is 7.37. The van der Waals surface area contributed by atoms with Gasteiger partial charge in [-0.15, -0.1) is 10.2 Å². The van der Waals surface area contributed by atoms with Gasteiger partial charge in [-0.05, 0) is 11.6 Å². The number of rotatable bonds is 5. The van der Waals surface area contributed by atoms with Gasteiger partial charge in [0.05, 0.1) is 6.61 Å². The molecule has 0 bridgehead atoms. The summed E-state index contributed by atoms with van der Waals surface area (Å²) in [5.41, 5.74) is 0.887. The van der Waals surface area contributed by atoms with Gasteiger partial charge in [0.15, 0.2) is 0 Å². The number of hydrogen-bond acceptors (Lipinski definition) is 5. The van der Waals surface area contributed by atoms with E-state index in [-0.39, 0.29) is 12.5 Å². The molecule has 3 rings (SSSR count). The number of aromatic nitrogens is 4. The zero-order chi connectivity index (χ0) is 15.4. The van der Waals surface area contributed by atoms with Gasteiger partial charge in [0.2, 0.25) is 11.7 Å². The fourth-order valence-electron chi connectivity index (χ4n) is 2.47. The highest BCUT2D eigenvalue weighted by atomic mass is 16.5. The fraction of sp³-hybridized carbons (Fsp3) is 0.467. The third kappa shape index (κ3) is 3.48. The first-order chi connectivity index (χ1) is 10.7. The molecule has 116 valence electrons. The first-order valence-electron chi connectivity index (χ1n) is 7.37. The Morgan fingerprint density at radius 1 is 1.41 bits per heavy atom. The number of amides is 1. The van der Waals surface area contributed by atoms with Gasteiger partial charge in [-0.3, -0.25) is 4.79 Å². The van der Waals surface area contributed by atoms with E-state index in [1.807, 2.05) is 30.3 Å². The second-order valence-electron chi connectivity index (χ2n) is 5.51. The Morgan fingerprint density at radius 2 is 2.23 bits per heavy atom. The number of benzene rings is 1. The normalized spacial score (nSPS) is 17.6. The number of nitrogens with zero attached hydrogens (tertiary/aromatic N) is 5.